The van der Waals surface area contributed by atoms with Gasteiger partial charge in [0.2, 0.25) is 0 Å². The van der Waals surface area contributed by atoms with Crippen molar-refractivity contribution in [3.8, 4) is 5.75 Å². The molecule has 0 aromatic heterocycles. The maximum atomic E-state index is 11.8. The van der Waals surface area contributed by atoms with Crippen LogP contribution in [0.25, 0.3) is 0 Å². The van der Waals surface area contributed by atoms with E-state index in [1.165, 1.54) is 12.1 Å². The summed E-state index contributed by atoms with van der Waals surface area (Å²) in [5.41, 5.74) is 1.37. The zero-order chi connectivity index (χ0) is 22.8. The summed E-state index contributed by atoms with van der Waals surface area (Å²) in [6.45, 7) is 2.32. The van der Waals surface area contributed by atoms with Crippen LogP contribution in [-0.2, 0) is 9.59 Å². The van der Waals surface area contributed by atoms with Gasteiger partial charge in [-0.15, -0.1) is 0 Å². The maximum Gasteiger partial charge on any atom is 0.352 e. The Kier molecular flexibility index (Phi) is 5.63. The average Bonchev–Trinajstić information content (AvgIpc) is 2.82. The number of ether oxygens (including phenoxy) is 1. The minimum Gasteiger partial charge on any atom is -0.497 e. The van der Waals surface area contributed by atoms with E-state index in [1.54, 1.807) is 7.11 Å². The van der Waals surface area contributed by atoms with E-state index >= 15 is 0 Å². The van der Waals surface area contributed by atoms with E-state index in [2.05, 4.69) is 15.2 Å². The van der Waals surface area contributed by atoms with Crippen molar-refractivity contribution >= 4 is 46.4 Å². The third-order valence-corrected chi connectivity index (χ3v) is 5.53. The fourth-order valence-corrected chi connectivity index (χ4v) is 3.90. The number of aldehydes is 1. The van der Waals surface area contributed by atoms with E-state index in [-0.39, 0.29) is 22.8 Å². The molecule has 11 heteroatoms. The van der Waals surface area contributed by atoms with Crippen LogP contribution < -0.4 is 19.9 Å². The minimum atomic E-state index is -1.33. The smallest absolute Gasteiger partial charge is 0.352 e. The van der Waals surface area contributed by atoms with E-state index in [4.69, 9.17) is 4.74 Å². The summed E-state index contributed by atoms with van der Waals surface area (Å²) in [7, 11) is 1.61. The molecular formula is C21H21N5O6. The molecule has 2 aliphatic heterocycles. The Labute approximate surface area is 183 Å². The number of fused-ring (bicyclic) bond motifs is 1. The van der Waals surface area contributed by atoms with Gasteiger partial charge in [-0.2, -0.15) is 0 Å². The summed E-state index contributed by atoms with van der Waals surface area (Å²) in [5.74, 6) is -0.574. The number of aliphatic carboxylic acids is 1. The molecule has 0 saturated carbocycles. The molecule has 2 aliphatic rings. The van der Waals surface area contributed by atoms with Crippen molar-refractivity contribution in [3.05, 3.63) is 46.5 Å². The summed E-state index contributed by atoms with van der Waals surface area (Å²) in [6, 6.07) is 9.34. The minimum absolute atomic E-state index is 0.135. The third-order valence-electron chi connectivity index (χ3n) is 5.53. The number of piperazine rings is 1. The van der Waals surface area contributed by atoms with Crippen molar-refractivity contribution in [2.75, 3.05) is 48.4 Å². The molecule has 1 unspecified atom stereocenters. The highest BCUT2D eigenvalue weighted by Gasteiger charge is 2.31. The van der Waals surface area contributed by atoms with E-state index in [0.29, 0.717) is 38.2 Å². The number of aliphatic imine (C=N–C) groups is 1. The van der Waals surface area contributed by atoms with Crippen LogP contribution in [0.1, 0.15) is 0 Å². The number of hydrogen-bond donors (Lipinski definition) is 2. The van der Waals surface area contributed by atoms with Crippen molar-refractivity contribution in [1.82, 2.24) is 0 Å². The molecule has 2 N–H and O–H groups in total. The highest BCUT2D eigenvalue weighted by atomic mass is 16.6. The van der Waals surface area contributed by atoms with Gasteiger partial charge in [0.05, 0.1) is 23.4 Å². The molecule has 4 rings (SSSR count). The fourth-order valence-electron chi connectivity index (χ4n) is 3.90. The molecule has 1 atom stereocenters. The van der Waals surface area contributed by atoms with E-state index in [0.717, 1.165) is 11.4 Å². The van der Waals surface area contributed by atoms with Crippen molar-refractivity contribution in [2.45, 2.75) is 6.04 Å². The summed E-state index contributed by atoms with van der Waals surface area (Å²) in [6.07, 6.45) is 0.410. The second kappa shape index (κ2) is 8.53. The molecule has 11 nitrogen and oxygen atoms in total. The number of methoxy groups -OCH3 is 1. The topological polar surface area (TPSA) is 138 Å². The molecule has 0 aliphatic carbocycles. The Balaban J connectivity index is 1.62. The zero-order valence-corrected chi connectivity index (χ0v) is 17.2. The van der Waals surface area contributed by atoms with Gasteiger partial charge in [0.25, 0.3) is 5.69 Å². The van der Waals surface area contributed by atoms with Crippen molar-refractivity contribution in [3.63, 3.8) is 0 Å². The summed E-state index contributed by atoms with van der Waals surface area (Å²) in [4.78, 5) is 42.1. The Morgan fingerprint density at radius 2 is 1.97 bits per heavy atom. The number of carboxylic acid groups (broad SMARTS) is 1. The number of anilines is 3. The van der Waals surface area contributed by atoms with Gasteiger partial charge in [-0.25, -0.2) is 9.79 Å². The molecule has 0 bridgehead atoms. The lowest BCUT2D eigenvalue weighted by Gasteiger charge is -2.37. The number of nitro benzene ring substituents is 1. The quantitative estimate of drug-likeness (QED) is 0.393. The molecule has 0 amide bonds. The number of nitro groups is 1. The van der Waals surface area contributed by atoms with Gasteiger partial charge < -0.3 is 29.8 Å². The standard InChI is InChI=1S/C21H21N5O6/c1-32-14-4-2-3-13(9-14)24-5-7-25(8-6-24)18-10-16-15(11-19(18)26(30)31)22-17(12-27)20(23-16)21(28)29/h2-4,9-12,17,22H,5-8H2,1H3,(H,28,29). The lowest BCUT2D eigenvalue weighted by molar-refractivity contribution is -0.384. The first kappa shape index (κ1) is 21.1. The van der Waals surface area contributed by atoms with Crippen LogP contribution in [0.4, 0.5) is 28.4 Å². The maximum absolute atomic E-state index is 11.8. The second-order valence-electron chi connectivity index (χ2n) is 7.35. The monoisotopic (exact) mass is 439 g/mol. The largest absolute Gasteiger partial charge is 0.497 e. The van der Waals surface area contributed by atoms with Gasteiger partial charge in [-0.05, 0) is 18.2 Å². The number of carbonyl (C=O) groups is 2. The SMILES string of the molecule is COc1cccc(N2CCN(c3cc4c(cc3[N+](=O)[O-])NC(C=O)C(C(=O)O)=N4)CC2)c1. The van der Waals surface area contributed by atoms with Crippen LogP contribution in [0, 0.1) is 10.1 Å². The second-order valence-corrected chi connectivity index (χ2v) is 7.35. The van der Waals surface area contributed by atoms with Crippen LogP contribution in [0.5, 0.6) is 5.75 Å². The van der Waals surface area contributed by atoms with Crippen molar-refractivity contribution < 1.29 is 24.4 Å². The number of benzene rings is 2. The average molecular weight is 439 g/mol. The predicted molar refractivity (Wildman–Crippen MR) is 119 cm³/mol. The number of rotatable bonds is 6. The van der Waals surface area contributed by atoms with Gasteiger partial charge in [0, 0.05) is 44.0 Å². The normalized spacial score (nSPS) is 17.7. The molecule has 2 aromatic carbocycles. The number of carbonyl (C=O) groups excluding carboxylic acids is 1. The predicted octanol–water partition coefficient (Wildman–Crippen LogP) is 2.08. The van der Waals surface area contributed by atoms with Gasteiger partial charge in [0.15, 0.2) is 5.71 Å². The molecule has 2 heterocycles. The Hall–Kier alpha value is -4.15. The number of hydrogen-bond acceptors (Lipinski definition) is 9. The molecule has 32 heavy (non-hydrogen) atoms. The first-order chi connectivity index (χ1) is 15.4. The lowest BCUT2D eigenvalue weighted by Crippen LogP contribution is -2.46. The van der Waals surface area contributed by atoms with Gasteiger partial charge in [-0.3, -0.25) is 10.1 Å². The molecule has 2 aromatic rings. The highest BCUT2D eigenvalue weighted by Crippen LogP contribution is 2.41. The molecule has 0 radical (unpaired) electrons. The highest BCUT2D eigenvalue weighted by molar-refractivity contribution is 6.42. The van der Waals surface area contributed by atoms with Gasteiger partial charge in [-0.1, -0.05) is 6.07 Å². The molecule has 1 saturated heterocycles. The van der Waals surface area contributed by atoms with Crippen LogP contribution >= 0.6 is 0 Å². The molecule has 166 valence electrons. The van der Waals surface area contributed by atoms with Crippen LogP contribution in [-0.4, -0.2) is 67.3 Å². The van der Waals surface area contributed by atoms with Gasteiger partial charge >= 0.3 is 5.97 Å². The number of carboxylic acids is 1. The van der Waals surface area contributed by atoms with E-state index in [9.17, 15) is 24.8 Å². The zero-order valence-electron chi connectivity index (χ0n) is 17.2. The van der Waals surface area contributed by atoms with Crippen LogP contribution in [0.2, 0.25) is 0 Å². The fraction of sp³-hybridized carbons (Fsp3) is 0.286. The lowest BCUT2D eigenvalue weighted by atomic mass is 10.1. The third kappa shape index (κ3) is 3.92. The summed E-state index contributed by atoms with van der Waals surface area (Å²) in [5, 5.41) is 23.8. The molecular weight excluding hydrogens is 418 g/mol. The first-order valence-corrected chi connectivity index (χ1v) is 9.91. The Bertz CT molecular complexity index is 1110. The van der Waals surface area contributed by atoms with Gasteiger partial charge in [0.1, 0.15) is 23.8 Å². The Morgan fingerprint density at radius 3 is 2.59 bits per heavy atom. The molecule has 0 spiro atoms. The van der Waals surface area contributed by atoms with Crippen LogP contribution in [0.3, 0.4) is 0 Å². The Morgan fingerprint density at radius 1 is 1.25 bits per heavy atom. The first-order valence-electron chi connectivity index (χ1n) is 9.91. The number of nitrogens with one attached hydrogen (secondary N) is 1. The summed E-state index contributed by atoms with van der Waals surface area (Å²) >= 11 is 0. The summed E-state index contributed by atoms with van der Waals surface area (Å²) < 4.78 is 5.28. The van der Waals surface area contributed by atoms with Crippen LogP contribution in [0.15, 0.2) is 41.4 Å². The van der Waals surface area contributed by atoms with E-state index < -0.39 is 16.9 Å². The van der Waals surface area contributed by atoms with Crippen molar-refractivity contribution in [2.24, 2.45) is 4.99 Å². The molecule has 1 fully saturated rings. The number of nitrogens with zero attached hydrogens (tertiary/aromatic N) is 4. The van der Waals surface area contributed by atoms with Crippen molar-refractivity contribution in [1.29, 1.82) is 0 Å². The van der Waals surface area contributed by atoms with E-state index in [1.807, 2.05) is 29.2 Å².